The normalized spacial score (nSPS) is 23.1. The monoisotopic (exact) mass is 319 g/mol. The Balaban J connectivity index is 1.29. The second kappa shape index (κ2) is 8.52. The minimum absolute atomic E-state index is 0.774. The number of benzene rings is 1. The van der Waals surface area contributed by atoms with Crippen molar-refractivity contribution in [2.45, 2.75) is 18.9 Å². The molecule has 0 unspecified atom stereocenters. The van der Waals surface area contributed by atoms with Crippen molar-refractivity contribution >= 4 is 0 Å². The van der Waals surface area contributed by atoms with Gasteiger partial charge in [-0.05, 0) is 43.7 Å². The lowest BCUT2D eigenvalue weighted by Gasteiger charge is -2.37. The molecule has 0 amide bonds. The minimum atomic E-state index is 0.774. The number of ether oxygens (including phenoxy) is 2. The summed E-state index contributed by atoms with van der Waals surface area (Å²) in [7, 11) is 1.68. The molecule has 0 bridgehead atoms. The van der Waals surface area contributed by atoms with E-state index < -0.39 is 0 Å². The lowest BCUT2D eigenvalue weighted by Crippen LogP contribution is -2.51. The van der Waals surface area contributed by atoms with E-state index in [-0.39, 0.29) is 0 Å². The second-order valence-electron chi connectivity index (χ2n) is 6.40. The molecule has 0 aliphatic carbocycles. The van der Waals surface area contributed by atoms with Gasteiger partial charge in [-0.3, -0.25) is 4.90 Å². The molecular weight excluding hydrogens is 290 g/mol. The Bertz CT molecular complexity index is 452. The van der Waals surface area contributed by atoms with Gasteiger partial charge in [0.2, 0.25) is 0 Å². The van der Waals surface area contributed by atoms with E-state index in [0.29, 0.717) is 0 Å². The Hall–Kier alpha value is -1.30. The average Bonchev–Trinajstić information content (AvgIpc) is 3.14. The average molecular weight is 319 g/mol. The number of rotatable bonds is 7. The van der Waals surface area contributed by atoms with Crippen molar-refractivity contribution in [1.29, 1.82) is 0 Å². The predicted molar refractivity (Wildman–Crippen MR) is 92.4 cm³/mol. The zero-order valence-corrected chi connectivity index (χ0v) is 14.2. The number of nitrogens with zero attached hydrogens (tertiary/aromatic N) is 2. The standard InChI is InChI=1S/C18H29N3O2/c1-22-17-3-5-18(6-4-17)23-14-2-9-20-10-12-21(13-11-20)16-7-8-19-15-16/h3-6,16,19H,2,7-15H2,1H3/t16-/m1/s1. The zero-order valence-electron chi connectivity index (χ0n) is 14.2. The van der Waals surface area contributed by atoms with E-state index >= 15 is 0 Å². The highest BCUT2D eigenvalue weighted by molar-refractivity contribution is 5.31. The van der Waals surface area contributed by atoms with Crippen molar-refractivity contribution in [3.63, 3.8) is 0 Å². The molecular formula is C18H29N3O2. The Kier molecular flexibility index (Phi) is 6.13. The van der Waals surface area contributed by atoms with Crippen molar-refractivity contribution in [2.75, 3.05) is 59.5 Å². The van der Waals surface area contributed by atoms with E-state index in [2.05, 4.69) is 15.1 Å². The summed E-state index contributed by atoms with van der Waals surface area (Å²) in [5, 5.41) is 3.47. The van der Waals surface area contributed by atoms with Gasteiger partial charge in [-0.25, -0.2) is 0 Å². The van der Waals surface area contributed by atoms with Gasteiger partial charge >= 0.3 is 0 Å². The highest BCUT2D eigenvalue weighted by Crippen LogP contribution is 2.17. The third kappa shape index (κ3) is 4.83. The first-order chi connectivity index (χ1) is 11.3. The SMILES string of the molecule is COc1ccc(OCCCN2CCN([C@@H]3CCNC3)CC2)cc1. The maximum Gasteiger partial charge on any atom is 0.119 e. The van der Waals surface area contributed by atoms with Crippen LogP contribution in [0.1, 0.15) is 12.8 Å². The van der Waals surface area contributed by atoms with Gasteiger partial charge in [0.1, 0.15) is 11.5 Å². The Morgan fingerprint density at radius 1 is 1.09 bits per heavy atom. The van der Waals surface area contributed by atoms with Crippen LogP contribution in [0.3, 0.4) is 0 Å². The van der Waals surface area contributed by atoms with Gasteiger partial charge in [-0.15, -0.1) is 0 Å². The van der Waals surface area contributed by atoms with Crippen LogP contribution in [0.25, 0.3) is 0 Å². The van der Waals surface area contributed by atoms with Gasteiger partial charge in [0, 0.05) is 45.3 Å². The van der Waals surface area contributed by atoms with Gasteiger partial charge in [0.05, 0.1) is 13.7 Å². The summed E-state index contributed by atoms with van der Waals surface area (Å²) in [6, 6.07) is 8.58. The lowest BCUT2D eigenvalue weighted by atomic mass is 10.2. The number of hydrogen-bond acceptors (Lipinski definition) is 5. The van der Waals surface area contributed by atoms with Crippen LogP contribution in [0.2, 0.25) is 0 Å². The van der Waals surface area contributed by atoms with Gasteiger partial charge in [0.25, 0.3) is 0 Å². The summed E-state index contributed by atoms with van der Waals surface area (Å²) in [5.41, 5.74) is 0. The molecule has 5 nitrogen and oxygen atoms in total. The maximum atomic E-state index is 5.80. The molecule has 1 aromatic rings. The highest BCUT2D eigenvalue weighted by atomic mass is 16.5. The van der Waals surface area contributed by atoms with Crippen molar-refractivity contribution in [2.24, 2.45) is 0 Å². The highest BCUT2D eigenvalue weighted by Gasteiger charge is 2.25. The third-order valence-electron chi connectivity index (χ3n) is 4.90. The van der Waals surface area contributed by atoms with Crippen LogP contribution in [0, 0.1) is 0 Å². The van der Waals surface area contributed by atoms with Crippen LogP contribution in [0.15, 0.2) is 24.3 Å². The number of piperazine rings is 1. The van der Waals surface area contributed by atoms with Crippen LogP contribution in [-0.4, -0.2) is 75.4 Å². The molecule has 2 aliphatic rings. The van der Waals surface area contributed by atoms with Crippen LogP contribution in [-0.2, 0) is 0 Å². The van der Waals surface area contributed by atoms with E-state index in [0.717, 1.165) is 37.1 Å². The summed E-state index contributed by atoms with van der Waals surface area (Å²) in [5.74, 6) is 1.79. The fourth-order valence-corrected chi connectivity index (χ4v) is 3.45. The van der Waals surface area contributed by atoms with E-state index in [1.54, 1.807) is 7.11 Å². The van der Waals surface area contributed by atoms with Crippen LogP contribution < -0.4 is 14.8 Å². The Morgan fingerprint density at radius 3 is 2.48 bits per heavy atom. The van der Waals surface area contributed by atoms with E-state index in [9.17, 15) is 0 Å². The van der Waals surface area contributed by atoms with Crippen LogP contribution in [0.4, 0.5) is 0 Å². The number of hydrogen-bond donors (Lipinski definition) is 1. The molecule has 0 aromatic heterocycles. The quantitative estimate of drug-likeness (QED) is 0.770. The first-order valence-electron chi connectivity index (χ1n) is 8.79. The lowest BCUT2D eigenvalue weighted by molar-refractivity contribution is 0.0984. The van der Waals surface area contributed by atoms with Crippen molar-refractivity contribution in [1.82, 2.24) is 15.1 Å². The summed E-state index contributed by atoms with van der Waals surface area (Å²) in [6.45, 7) is 9.09. The fourth-order valence-electron chi connectivity index (χ4n) is 3.45. The molecule has 2 heterocycles. The van der Waals surface area contributed by atoms with Gasteiger partial charge in [-0.1, -0.05) is 0 Å². The number of methoxy groups -OCH3 is 1. The molecule has 1 aromatic carbocycles. The molecule has 23 heavy (non-hydrogen) atoms. The first-order valence-corrected chi connectivity index (χ1v) is 8.79. The number of nitrogens with one attached hydrogen (secondary N) is 1. The van der Waals surface area contributed by atoms with E-state index in [1.807, 2.05) is 24.3 Å². The summed E-state index contributed by atoms with van der Waals surface area (Å²) in [6.07, 6.45) is 2.40. The van der Waals surface area contributed by atoms with E-state index in [4.69, 9.17) is 9.47 Å². The fraction of sp³-hybridized carbons (Fsp3) is 0.667. The van der Waals surface area contributed by atoms with Crippen LogP contribution >= 0.6 is 0 Å². The van der Waals surface area contributed by atoms with Gasteiger partial charge in [-0.2, -0.15) is 0 Å². The molecule has 5 heteroatoms. The molecule has 2 saturated heterocycles. The molecule has 2 fully saturated rings. The molecule has 128 valence electrons. The summed E-state index contributed by atoms with van der Waals surface area (Å²) in [4.78, 5) is 5.22. The topological polar surface area (TPSA) is 37.0 Å². The molecule has 0 spiro atoms. The van der Waals surface area contributed by atoms with Crippen molar-refractivity contribution in [3.8, 4) is 11.5 Å². The smallest absolute Gasteiger partial charge is 0.119 e. The molecule has 1 atom stereocenters. The first kappa shape index (κ1) is 16.6. The van der Waals surface area contributed by atoms with Gasteiger partial charge < -0.3 is 19.7 Å². The Morgan fingerprint density at radius 2 is 1.83 bits per heavy atom. The third-order valence-corrected chi connectivity index (χ3v) is 4.90. The molecule has 2 aliphatic heterocycles. The molecule has 3 rings (SSSR count). The van der Waals surface area contributed by atoms with Crippen molar-refractivity contribution in [3.05, 3.63) is 24.3 Å². The molecule has 0 radical (unpaired) electrons. The molecule has 1 N–H and O–H groups in total. The Labute approximate surface area is 139 Å². The maximum absolute atomic E-state index is 5.80. The van der Waals surface area contributed by atoms with Gasteiger partial charge in [0.15, 0.2) is 0 Å². The zero-order chi connectivity index (χ0) is 15.9. The largest absolute Gasteiger partial charge is 0.497 e. The predicted octanol–water partition coefficient (Wildman–Crippen LogP) is 1.44. The van der Waals surface area contributed by atoms with E-state index in [1.165, 1.54) is 45.7 Å². The second-order valence-corrected chi connectivity index (χ2v) is 6.40. The summed E-state index contributed by atoms with van der Waals surface area (Å²) < 4.78 is 10.9. The molecule has 0 saturated carbocycles. The van der Waals surface area contributed by atoms with Crippen LogP contribution in [0.5, 0.6) is 11.5 Å². The summed E-state index contributed by atoms with van der Waals surface area (Å²) >= 11 is 0. The minimum Gasteiger partial charge on any atom is -0.497 e. The van der Waals surface area contributed by atoms with Crippen molar-refractivity contribution < 1.29 is 9.47 Å².